The molecule has 0 saturated heterocycles. The molecule has 0 radical (unpaired) electrons. The van der Waals surface area contributed by atoms with Crippen LogP contribution in [0.25, 0.3) is 0 Å². The van der Waals surface area contributed by atoms with E-state index < -0.39 is 0 Å². The molecule has 2 heteroatoms. The number of rotatable bonds is 4. The Hall–Kier alpha value is -1.83. The van der Waals surface area contributed by atoms with Gasteiger partial charge in [0.15, 0.2) is 0 Å². The number of benzene rings is 2. The summed E-state index contributed by atoms with van der Waals surface area (Å²) in [5.74, 6) is -0.195. The minimum atomic E-state index is -0.195. The average molecular weight is 243 g/mol. The predicted molar refractivity (Wildman–Crippen MR) is 74.3 cm³/mol. The summed E-state index contributed by atoms with van der Waals surface area (Å²) in [7, 11) is 0. The van der Waals surface area contributed by atoms with Gasteiger partial charge in [-0.1, -0.05) is 37.3 Å². The first-order valence-electron chi connectivity index (χ1n) is 6.30. The smallest absolute Gasteiger partial charge is 0.123 e. The third-order valence-electron chi connectivity index (χ3n) is 3.14. The number of nitrogens with one attached hydrogen (secondary N) is 1. The van der Waals surface area contributed by atoms with Crippen LogP contribution in [0.3, 0.4) is 0 Å². The molecule has 0 amide bonds. The molecule has 0 saturated carbocycles. The summed E-state index contributed by atoms with van der Waals surface area (Å²) < 4.78 is 12.9. The summed E-state index contributed by atoms with van der Waals surface area (Å²) in [6.45, 7) is 4.22. The molecule has 18 heavy (non-hydrogen) atoms. The van der Waals surface area contributed by atoms with Gasteiger partial charge in [0, 0.05) is 11.7 Å². The Bertz CT molecular complexity index is 505. The summed E-state index contributed by atoms with van der Waals surface area (Å²) >= 11 is 0. The van der Waals surface area contributed by atoms with Crippen LogP contribution in [0.15, 0.2) is 48.5 Å². The molecular formula is C16H18FN. The lowest BCUT2D eigenvalue weighted by Gasteiger charge is -2.18. The maximum atomic E-state index is 12.9. The van der Waals surface area contributed by atoms with E-state index in [0.29, 0.717) is 0 Å². The van der Waals surface area contributed by atoms with Crippen LogP contribution in [0.4, 0.5) is 10.1 Å². The molecule has 2 rings (SSSR count). The van der Waals surface area contributed by atoms with Gasteiger partial charge in [-0.2, -0.15) is 0 Å². The Balaban J connectivity index is 2.15. The summed E-state index contributed by atoms with van der Waals surface area (Å²) in [6, 6.07) is 15.1. The van der Waals surface area contributed by atoms with Crippen LogP contribution in [0, 0.1) is 5.82 Å². The van der Waals surface area contributed by atoms with Gasteiger partial charge >= 0.3 is 0 Å². The van der Waals surface area contributed by atoms with E-state index in [9.17, 15) is 4.39 Å². The summed E-state index contributed by atoms with van der Waals surface area (Å²) in [5, 5.41) is 3.47. The number of aryl methyl sites for hydroxylation is 1. The van der Waals surface area contributed by atoms with Gasteiger partial charge in [-0.05, 0) is 42.7 Å². The Morgan fingerprint density at radius 3 is 2.39 bits per heavy atom. The van der Waals surface area contributed by atoms with Crippen LogP contribution < -0.4 is 5.32 Å². The molecule has 0 aliphatic carbocycles. The van der Waals surface area contributed by atoms with Crippen molar-refractivity contribution in [1.82, 2.24) is 0 Å². The van der Waals surface area contributed by atoms with Crippen LogP contribution in [0.2, 0.25) is 0 Å². The van der Waals surface area contributed by atoms with Crippen molar-refractivity contribution in [2.75, 3.05) is 5.32 Å². The van der Waals surface area contributed by atoms with Crippen LogP contribution in [0.1, 0.15) is 31.0 Å². The van der Waals surface area contributed by atoms with E-state index in [2.05, 4.69) is 31.3 Å². The minimum absolute atomic E-state index is 0.165. The van der Waals surface area contributed by atoms with Gasteiger partial charge in [-0.3, -0.25) is 0 Å². The number of anilines is 1. The standard InChI is InChI=1S/C16H18FN/c1-3-13-6-4-5-7-16(13)18-12(2)14-8-10-15(17)11-9-14/h4-12,18H,3H2,1-2H3. The fraction of sp³-hybridized carbons (Fsp3) is 0.250. The molecule has 1 N–H and O–H groups in total. The molecular weight excluding hydrogens is 225 g/mol. The second kappa shape index (κ2) is 5.67. The van der Waals surface area contributed by atoms with Crippen molar-refractivity contribution in [3.05, 3.63) is 65.5 Å². The molecule has 0 aliphatic heterocycles. The minimum Gasteiger partial charge on any atom is -0.378 e. The highest BCUT2D eigenvalue weighted by Gasteiger charge is 2.07. The first kappa shape index (κ1) is 12.6. The molecule has 1 unspecified atom stereocenters. The van der Waals surface area contributed by atoms with Crippen LogP contribution in [-0.4, -0.2) is 0 Å². The maximum Gasteiger partial charge on any atom is 0.123 e. The van der Waals surface area contributed by atoms with E-state index in [1.807, 2.05) is 24.3 Å². The zero-order valence-electron chi connectivity index (χ0n) is 10.8. The first-order chi connectivity index (χ1) is 8.70. The van der Waals surface area contributed by atoms with Gasteiger partial charge in [0.1, 0.15) is 5.82 Å². The first-order valence-corrected chi connectivity index (χ1v) is 6.30. The molecule has 0 bridgehead atoms. The van der Waals surface area contributed by atoms with E-state index in [4.69, 9.17) is 0 Å². The maximum absolute atomic E-state index is 12.9. The lowest BCUT2D eigenvalue weighted by atomic mass is 10.1. The van der Waals surface area contributed by atoms with E-state index in [0.717, 1.165) is 17.7 Å². The van der Waals surface area contributed by atoms with E-state index >= 15 is 0 Å². The Morgan fingerprint density at radius 2 is 1.72 bits per heavy atom. The molecule has 1 nitrogen and oxygen atoms in total. The van der Waals surface area contributed by atoms with Crippen molar-refractivity contribution < 1.29 is 4.39 Å². The fourth-order valence-corrected chi connectivity index (χ4v) is 2.04. The highest BCUT2D eigenvalue weighted by Crippen LogP contribution is 2.22. The molecule has 0 heterocycles. The lowest BCUT2D eigenvalue weighted by Crippen LogP contribution is -2.08. The Morgan fingerprint density at radius 1 is 1.06 bits per heavy atom. The molecule has 1 atom stereocenters. The number of halogens is 1. The monoisotopic (exact) mass is 243 g/mol. The Kier molecular flexibility index (Phi) is 3.98. The summed E-state index contributed by atoms with van der Waals surface area (Å²) in [6.07, 6.45) is 0.999. The summed E-state index contributed by atoms with van der Waals surface area (Å²) in [5.41, 5.74) is 3.53. The van der Waals surface area contributed by atoms with E-state index in [1.165, 1.54) is 17.7 Å². The second-order valence-electron chi connectivity index (χ2n) is 4.43. The predicted octanol–water partition coefficient (Wildman–Crippen LogP) is 4.56. The molecule has 2 aromatic carbocycles. The quantitative estimate of drug-likeness (QED) is 0.830. The molecule has 0 aliphatic rings. The third-order valence-corrected chi connectivity index (χ3v) is 3.14. The highest BCUT2D eigenvalue weighted by molar-refractivity contribution is 5.52. The zero-order valence-corrected chi connectivity index (χ0v) is 10.8. The third kappa shape index (κ3) is 2.89. The average Bonchev–Trinajstić information content (AvgIpc) is 2.40. The normalized spacial score (nSPS) is 12.2. The molecule has 2 aromatic rings. The van der Waals surface area contributed by atoms with Gasteiger partial charge in [0.05, 0.1) is 0 Å². The van der Waals surface area contributed by atoms with Crippen LogP contribution >= 0.6 is 0 Å². The zero-order chi connectivity index (χ0) is 13.0. The SMILES string of the molecule is CCc1ccccc1NC(C)c1ccc(F)cc1. The fourth-order valence-electron chi connectivity index (χ4n) is 2.04. The molecule has 0 aromatic heterocycles. The van der Waals surface area contributed by atoms with Crippen LogP contribution in [0.5, 0.6) is 0 Å². The van der Waals surface area contributed by atoms with Crippen molar-refractivity contribution in [2.24, 2.45) is 0 Å². The number of hydrogen-bond donors (Lipinski definition) is 1. The molecule has 94 valence electrons. The van der Waals surface area contributed by atoms with Gasteiger partial charge in [-0.25, -0.2) is 4.39 Å². The van der Waals surface area contributed by atoms with Gasteiger partial charge in [0.25, 0.3) is 0 Å². The molecule has 0 fully saturated rings. The van der Waals surface area contributed by atoms with E-state index in [1.54, 1.807) is 0 Å². The van der Waals surface area contributed by atoms with Gasteiger partial charge < -0.3 is 5.32 Å². The highest BCUT2D eigenvalue weighted by atomic mass is 19.1. The number of para-hydroxylation sites is 1. The van der Waals surface area contributed by atoms with Crippen molar-refractivity contribution >= 4 is 5.69 Å². The topological polar surface area (TPSA) is 12.0 Å². The number of hydrogen-bond acceptors (Lipinski definition) is 1. The lowest BCUT2D eigenvalue weighted by molar-refractivity contribution is 0.626. The van der Waals surface area contributed by atoms with Crippen LogP contribution in [-0.2, 0) is 6.42 Å². The molecule has 0 spiro atoms. The van der Waals surface area contributed by atoms with Crippen molar-refractivity contribution in [1.29, 1.82) is 0 Å². The Labute approximate surface area is 108 Å². The van der Waals surface area contributed by atoms with E-state index in [-0.39, 0.29) is 11.9 Å². The largest absolute Gasteiger partial charge is 0.378 e. The van der Waals surface area contributed by atoms with Crippen molar-refractivity contribution in [2.45, 2.75) is 26.3 Å². The van der Waals surface area contributed by atoms with Gasteiger partial charge in [0.2, 0.25) is 0 Å². The summed E-state index contributed by atoms with van der Waals surface area (Å²) in [4.78, 5) is 0. The second-order valence-corrected chi connectivity index (χ2v) is 4.43. The van der Waals surface area contributed by atoms with Crippen molar-refractivity contribution in [3.63, 3.8) is 0 Å². The van der Waals surface area contributed by atoms with Crippen molar-refractivity contribution in [3.8, 4) is 0 Å². The van der Waals surface area contributed by atoms with Gasteiger partial charge in [-0.15, -0.1) is 0 Å².